The Kier molecular flexibility index (Phi) is 3.82. The molecule has 6 N–H and O–H groups in total. The number of rotatable bonds is 1. The van der Waals surface area contributed by atoms with Crippen LogP contribution in [0.25, 0.3) is 10.8 Å². The van der Waals surface area contributed by atoms with Crippen molar-refractivity contribution < 1.29 is 15.0 Å². The van der Waals surface area contributed by atoms with Crippen LogP contribution in [0.1, 0.15) is 10.4 Å². The summed E-state index contributed by atoms with van der Waals surface area (Å²) in [6.07, 6.45) is 0. The Balaban J connectivity index is 0.000000606. The van der Waals surface area contributed by atoms with E-state index in [0.717, 1.165) is 5.39 Å². The third-order valence-electron chi connectivity index (χ3n) is 2.13. The predicted molar refractivity (Wildman–Crippen MR) is 60.9 cm³/mol. The third-order valence-corrected chi connectivity index (χ3v) is 2.13. The molecule has 0 amide bonds. The predicted octanol–water partition coefficient (Wildman–Crippen LogP) is 1.06. The summed E-state index contributed by atoms with van der Waals surface area (Å²) in [6, 6.07) is 10.2. The van der Waals surface area contributed by atoms with Gasteiger partial charge in [0.1, 0.15) is 11.3 Å². The van der Waals surface area contributed by atoms with Crippen LogP contribution in [0.3, 0.4) is 0 Å². The molecule has 84 valence electrons. The van der Waals surface area contributed by atoms with E-state index in [2.05, 4.69) is 11.7 Å². The maximum atomic E-state index is 10.7. The molecule has 2 aromatic rings. The Labute approximate surface area is 91.9 Å². The average Bonchev–Trinajstić information content (AvgIpc) is 2.32. The minimum Gasteiger partial charge on any atom is -0.506 e. The van der Waals surface area contributed by atoms with Crippen molar-refractivity contribution in [2.45, 2.75) is 0 Å². The van der Waals surface area contributed by atoms with Crippen molar-refractivity contribution in [3.63, 3.8) is 0 Å². The van der Waals surface area contributed by atoms with Gasteiger partial charge in [-0.05, 0) is 11.5 Å². The maximum absolute atomic E-state index is 10.7. The molecule has 0 saturated carbocycles. The summed E-state index contributed by atoms with van der Waals surface area (Å²) in [4.78, 5) is 10.7. The van der Waals surface area contributed by atoms with Crippen molar-refractivity contribution in [3.8, 4) is 5.75 Å². The molecule has 0 radical (unpaired) electrons. The first-order chi connectivity index (χ1) is 7.70. The molecule has 0 heterocycles. The van der Waals surface area contributed by atoms with E-state index < -0.39 is 5.97 Å². The van der Waals surface area contributed by atoms with Gasteiger partial charge in [-0.25, -0.2) is 4.79 Å². The monoisotopic (exact) mass is 220 g/mol. The zero-order chi connectivity index (χ0) is 12.1. The van der Waals surface area contributed by atoms with Crippen LogP contribution in [0.5, 0.6) is 5.75 Å². The SMILES string of the molecule is NN.O=C(O)c1ccc2ccccc2c1O. The van der Waals surface area contributed by atoms with Crippen LogP contribution in [0, 0.1) is 0 Å². The van der Waals surface area contributed by atoms with Crippen molar-refractivity contribution in [2.75, 3.05) is 0 Å². The normalized spacial score (nSPS) is 9.38. The van der Waals surface area contributed by atoms with Crippen molar-refractivity contribution in [1.29, 1.82) is 0 Å². The summed E-state index contributed by atoms with van der Waals surface area (Å²) >= 11 is 0. The maximum Gasteiger partial charge on any atom is 0.339 e. The van der Waals surface area contributed by atoms with Crippen LogP contribution in [0.2, 0.25) is 0 Å². The van der Waals surface area contributed by atoms with Crippen molar-refractivity contribution in [1.82, 2.24) is 0 Å². The first kappa shape index (κ1) is 12.0. The minimum absolute atomic E-state index is 0.0660. The second kappa shape index (κ2) is 5.11. The summed E-state index contributed by atoms with van der Waals surface area (Å²) < 4.78 is 0. The Hall–Kier alpha value is -2.11. The number of hydrazine groups is 1. The molecule has 0 atom stereocenters. The number of phenols is 1. The number of carbonyl (C=O) groups is 1. The fourth-order valence-corrected chi connectivity index (χ4v) is 1.43. The smallest absolute Gasteiger partial charge is 0.339 e. The molecule has 2 aromatic carbocycles. The van der Waals surface area contributed by atoms with Crippen LogP contribution < -0.4 is 11.7 Å². The molecule has 0 bridgehead atoms. The number of carboxylic acids is 1. The lowest BCUT2D eigenvalue weighted by Crippen LogP contribution is -2.02. The second-order valence-corrected chi connectivity index (χ2v) is 2.99. The van der Waals surface area contributed by atoms with E-state index in [4.69, 9.17) is 5.11 Å². The summed E-state index contributed by atoms with van der Waals surface area (Å²) in [7, 11) is 0. The highest BCUT2D eigenvalue weighted by atomic mass is 16.4. The molecule has 0 aliphatic carbocycles. The van der Waals surface area contributed by atoms with Crippen LogP contribution in [-0.4, -0.2) is 16.2 Å². The van der Waals surface area contributed by atoms with Gasteiger partial charge in [-0.15, -0.1) is 0 Å². The lowest BCUT2D eigenvalue weighted by atomic mass is 10.1. The van der Waals surface area contributed by atoms with Crippen LogP contribution in [0.15, 0.2) is 36.4 Å². The van der Waals surface area contributed by atoms with Gasteiger partial charge in [-0.2, -0.15) is 0 Å². The number of hydrogen-bond acceptors (Lipinski definition) is 4. The van der Waals surface area contributed by atoms with Gasteiger partial charge in [-0.1, -0.05) is 30.3 Å². The van der Waals surface area contributed by atoms with Crippen molar-refractivity contribution in [2.24, 2.45) is 11.7 Å². The molecule has 2 rings (SSSR count). The molecule has 0 unspecified atom stereocenters. The zero-order valence-corrected chi connectivity index (χ0v) is 8.42. The number of aromatic carboxylic acids is 1. The topological polar surface area (TPSA) is 110 Å². The average molecular weight is 220 g/mol. The second-order valence-electron chi connectivity index (χ2n) is 2.99. The highest BCUT2D eigenvalue weighted by Gasteiger charge is 2.11. The Morgan fingerprint density at radius 1 is 1.06 bits per heavy atom. The molecule has 16 heavy (non-hydrogen) atoms. The Bertz CT molecular complexity index is 512. The molecular formula is C11H12N2O3. The van der Waals surface area contributed by atoms with Gasteiger partial charge in [0.25, 0.3) is 0 Å². The molecule has 5 heteroatoms. The third kappa shape index (κ3) is 2.10. The van der Waals surface area contributed by atoms with Crippen molar-refractivity contribution in [3.05, 3.63) is 42.0 Å². The number of benzene rings is 2. The van der Waals surface area contributed by atoms with Gasteiger partial charge >= 0.3 is 5.97 Å². The highest BCUT2D eigenvalue weighted by Crippen LogP contribution is 2.28. The molecule has 0 saturated heterocycles. The lowest BCUT2D eigenvalue weighted by molar-refractivity contribution is 0.0694. The number of carboxylic acid groups (broad SMARTS) is 1. The Morgan fingerprint density at radius 3 is 2.31 bits per heavy atom. The minimum atomic E-state index is -1.12. The first-order valence-electron chi connectivity index (χ1n) is 4.47. The molecule has 5 nitrogen and oxygen atoms in total. The van der Waals surface area contributed by atoms with Gasteiger partial charge in [0.05, 0.1) is 0 Å². The van der Waals surface area contributed by atoms with Gasteiger partial charge in [0, 0.05) is 5.39 Å². The molecule has 0 aliphatic heterocycles. The van der Waals surface area contributed by atoms with Gasteiger partial charge in [-0.3, -0.25) is 11.7 Å². The molecule has 0 spiro atoms. The van der Waals surface area contributed by atoms with Gasteiger partial charge in [0.2, 0.25) is 0 Å². The van der Waals surface area contributed by atoms with E-state index in [-0.39, 0.29) is 11.3 Å². The summed E-state index contributed by atoms with van der Waals surface area (Å²) in [5.41, 5.74) is -0.0660. The summed E-state index contributed by atoms with van der Waals surface area (Å²) in [5.74, 6) is 6.71. The molecule has 0 fully saturated rings. The zero-order valence-electron chi connectivity index (χ0n) is 8.42. The number of nitrogens with two attached hydrogens (primary N) is 2. The van der Waals surface area contributed by atoms with Gasteiger partial charge in [0.15, 0.2) is 0 Å². The summed E-state index contributed by atoms with van der Waals surface area (Å²) in [6.45, 7) is 0. The van der Waals surface area contributed by atoms with Crippen molar-refractivity contribution >= 4 is 16.7 Å². The van der Waals surface area contributed by atoms with E-state index in [1.807, 2.05) is 12.1 Å². The lowest BCUT2D eigenvalue weighted by Gasteiger charge is -2.03. The molecule has 0 aliphatic rings. The number of fused-ring (bicyclic) bond motifs is 1. The van der Waals surface area contributed by atoms with E-state index in [0.29, 0.717) is 5.39 Å². The van der Waals surface area contributed by atoms with Gasteiger partial charge < -0.3 is 10.2 Å². The largest absolute Gasteiger partial charge is 0.506 e. The Morgan fingerprint density at radius 2 is 1.69 bits per heavy atom. The van der Waals surface area contributed by atoms with E-state index in [9.17, 15) is 9.90 Å². The molecule has 0 aromatic heterocycles. The van der Waals surface area contributed by atoms with Crippen LogP contribution in [-0.2, 0) is 0 Å². The van der Waals surface area contributed by atoms with E-state index in [1.54, 1.807) is 18.2 Å². The van der Waals surface area contributed by atoms with E-state index in [1.165, 1.54) is 6.07 Å². The quantitative estimate of drug-likeness (QED) is 0.424. The molecular weight excluding hydrogens is 208 g/mol. The highest BCUT2D eigenvalue weighted by molar-refractivity contribution is 6.00. The standard InChI is InChI=1S/C11H8O3.H4N2/c12-10-8-4-2-1-3-7(8)5-6-9(10)11(13)14;1-2/h1-6,12H,(H,13,14);1-2H2. The van der Waals surface area contributed by atoms with Crippen LogP contribution >= 0.6 is 0 Å². The van der Waals surface area contributed by atoms with Crippen LogP contribution in [0.4, 0.5) is 0 Å². The van der Waals surface area contributed by atoms with E-state index >= 15 is 0 Å². The fourth-order valence-electron chi connectivity index (χ4n) is 1.43. The number of hydrogen-bond donors (Lipinski definition) is 4. The number of aromatic hydroxyl groups is 1. The summed E-state index contributed by atoms with van der Waals surface area (Å²) in [5, 5.41) is 19.8. The first-order valence-corrected chi connectivity index (χ1v) is 4.47. The fraction of sp³-hybridized carbons (Fsp3) is 0.